The van der Waals surface area contributed by atoms with E-state index < -0.39 is 6.04 Å². The second-order valence-corrected chi connectivity index (χ2v) is 10.9. The fraction of sp³-hybridized carbons (Fsp3) is 0.680. The van der Waals surface area contributed by atoms with Crippen molar-refractivity contribution in [1.82, 2.24) is 14.8 Å². The van der Waals surface area contributed by atoms with Gasteiger partial charge in [-0.05, 0) is 73.5 Å². The van der Waals surface area contributed by atoms with Crippen LogP contribution in [0.25, 0.3) is 10.2 Å². The Morgan fingerprint density at radius 2 is 1.97 bits per heavy atom. The zero-order chi connectivity index (χ0) is 23.1. The molecule has 1 saturated carbocycles. The van der Waals surface area contributed by atoms with Crippen molar-refractivity contribution in [3.05, 3.63) is 23.2 Å². The Morgan fingerprint density at radius 3 is 2.69 bits per heavy atom. The van der Waals surface area contributed by atoms with Gasteiger partial charge in [0.25, 0.3) is 5.91 Å². The van der Waals surface area contributed by atoms with Crippen molar-refractivity contribution >= 4 is 45.1 Å². The summed E-state index contributed by atoms with van der Waals surface area (Å²) in [7, 11) is 0. The number of hydrogen-bond donors (Lipinski definition) is 1. The molecule has 32 heavy (non-hydrogen) atoms. The third-order valence-electron chi connectivity index (χ3n) is 6.44. The van der Waals surface area contributed by atoms with E-state index in [9.17, 15) is 9.59 Å². The molecular formula is C25H39N3O2S2. The van der Waals surface area contributed by atoms with E-state index in [1.165, 1.54) is 19.3 Å². The molecule has 0 bridgehead atoms. The highest BCUT2D eigenvalue weighted by Gasteiger charge is 2.38. The van der Waals surface area contributed by atoms with Gasteiger partial charge < -0.3 is 14.8 Å². The average Bonchev–Trinajstić information content (AvgIpc) is 3.40. The first-order valence-electron chi connectivity index (χ1n) is 12.3. The Kier molecular flexibility index (Phi) is 9.53. The first-order valence-corrected chi connectivity index (χ1v) is 14.4. The fourth-order valence-corrected chi connectivity index (χ4v) is 6.33. The minimum absolute atomic E-state index is 0.00237. The van der Waals surface area contributed by atoms with Crippen molar-refractivity contribution in [3.8, 4) is 0 Å². The lowest BCUT2D eigenvalue weighted by Gasteiger charge is -2.37. The topological polar surface area (TPSA) is 54.3 Å². The molecule has 0 aromatic carbocycles. The second-order valence-electron chi connectivity index (χ2n) is 8.76. The summed E-state index contributed by atoms with van der Waals surface area (Å²) in [5.74, 6) is 2.95. The molecule has 2 aliphatic rings. The number of thioether (sulfide) groups is 1. The summed E-state index contributed by atoms with van der Waals surface area (Å²) >= 11 is 3.58. The summed E-state index contributed by atoms with van der Waals surface area (Å²) in [5, 5.41) is 5.34. The van der Waals surface area contributed by atoms with Crippen LogP contribution in [0.2, 0.25) is 0 Å². The molecule has 1 N–H and O–H groups in total. The number of thiophene rings is 1. The normalized spacial score (nSPS) is 22.9. The maximum atomic E-state index is 13.4. The summed E-state index contributed by atoms with van der Waals surface area (Å²) in [6.45, 7) is 9.68. The molecule has 1 unspecified atom stereocenters. The van der Waals surface area contributed by atoms with Crippen LogP contribution in [-0.4, -0.2) is 51.4 Å². The van der Waals surface area contributed by atoms with E-state index in [2.05, 4.69) is 35.2 Å². The lowest BCUT2D eigenvalue weighted by Crippen LogP contribution is -2.57. The van der Waals surface area contributed by atoms with Crippen LogP contribution in [0.1, 0.15) is 76.7 Å². The minimum atomic E-state index is -0.420. The van der Waals surface area contributed by atoms with Crippen molar-refractivity contribution in [2.24, 2.45) is 5.92 Å². The number of aromatic nitrogens is 1. The fourth-order valence-electron chi connectivity index (χ4n) is 4.68. The molecule has 1 aliphatic heterocycles. The average molecular weight is 478 g/mol. The van der Waals surface area contributed by atoms with Crippen LogP contribution in [0.3, 0.4) is 0 Å². The number of carbonyl (C=O) groups is 2. The maximum Gasteiger partial charge on any atom is 0.271 e. The Hall–Kier alpha value is -1.47. The highest BCUT2D eigenvalue weighted by atomic mass is 32.2. The third-order valence-corrected chi connectivity index (χ3v) is 8.56. The van der Waals surface area contributed by atoms with Crippen LogP contribution >= 0.6 is 23.1 Å². The van der Waals surface area contributed by atoms with Crippen molar-refractivity contribution < 1.29 is 9.59 Å². The molecule has 2 aromatic rings. The van der Waals surface area contributed by atoms with Gasteiger partial charge in [-0.1, -0.05) is 27.7 Å². The van der Waals surface area contributed by atoms with Crippen LogP contribution in [0.15, 0.2) is 17.5 Å². The molecule has 0 spiro atoms. The SMILES string of the molecule is CC.CCCSCCCN1C(=O)c2cc3sccc3n2CC1C(=O)NC1CCC(C)CC1. The van der Waals surface area contributed by atoms with E-state index in [-0.39, 0.29) is 17.9 Å². The van der Waals surface area contributed by atoms with Gasteiger partial charge in [0.2, 0.25) is 5.91 Å². The monoisotopic (exact) mass is 477 g/mol. The first kappa shape index (κ1) is 25.2. The van der Waals surface area contributed by atoms with Crippen molar-refractivity contribution in [3.63, 3.8) is 0 Å². The van der Waals surface area contributed by atoms with Crippen LogP contribution < -0.4 is 5.32 Å². The lowest BCUT2D eigenvalue weighted by molar-refractivity contribution is -0.127. The van der Waals surface area contributed by atoms with Gasteiger partial charge in [-0.15, -0.1) is 11.3 Å². The van der Waals surface area contributed by atoms with E-state index in [1.807, 2.05) is 36.6 Å². The first-order chi connectivity index (χ1) is 15.6. The van der Waals surface area contributed by atoms with Crippen molar-refractivity contribution in [1.29, 1.82) is 0 Å². The number of fused-ring (bicyclic) bond motifs is 3. The second kappa shape index (κ2) is 12.1. The molecule has 4 rings (SSSR count). The molecule has 3 heterocycles. The zero-order valence-corrected chi connectivity index (χ0v) is 21.7. The van der Waals surface area contributed by atoms with E-state index in [0.29, 0.717) is 13.1 Å². The number of hydrogen-bond acceptors (Lipinski definition) is 4. The minimum Gasteiger partial charge on any atom is -0.352 e. The number of rotatable bonds is 8. The van der Waals surface area contributed by atoms with E-state index in [4.69, 9.17) is 0 Å². The number of nitrogens with one attached hydrogen (secondary N) is 1. The maximum absolute atomic E-state index is 13.4. The predicted molar refractivity (Wildman–Crippen MR) is 138 cm³/mol. The molecule has 5 nitrogen and oxygen atoms in total. The van der Waals surface area contributed by atoms with Gasteiger partial charge in [0.05, 0.1) is 16.8 Å². The molecule has 178 valence electrons. The Bertz CT molecular complexity index is 883. The number of amides is 2. The molecular weight excluding hydrogens is 438 g/mol. The quantitative estimate of drug-likeness (QED) is 0.490. The number of carbonyl (C=O) groups excluding carboxylic acids is 2. The van der Waals surface area contributed by atoms with Gasteiger partial charge in [-0.25, -0.2) is 0 Å². The van der Waals surface area contributed by atoms with Gasteiger partial charge in [0.15, 0.2) is 0 Å². The molecule has 7 heteroatoms. The lowest BCUT2D eigenvalue weighted by atomic mass is 9.87. The van der Waals surface area contributed by atoms with Crippen molar-refractivity contribution in [2.45, 2.75) is 84.8 Å². The Morgan fingerprint density at radius 1 is 1.22 bits per heavy atom. The zero-order valence-electron chi connectivity index (χ0n) is 20.1. The standard InChI is InChI=1S/C23H33N3O2S2.C2H6/c1-3-11-29-12-4-10-25-20(22(27)24-17-7-5-16(2)6-8-17)15-26-18-9-13-30-21(18)14-19(26)23(25)28;1-2/h9,13-14,16-17,20H,3-8,10-12,15H2,1-2H3,(H,24,27);1-2H3. The molecule has 2 aromatic heterocycles. The Balaban J connectivity index is 0.00000141. The van der Waals surface area contributed by atoms with Gasteiger partial charge in [-0.2, -0.15) is 11.8 Å². The van der Waals surface area contributed by atoms with Gasteiger partial charge in [-0.3, -0.25) is 9.59 Å². The largest absolute Gasteiger partial charge is 0.352 e. The summed E-state index contributed by atoms with van der Waals surface area (Å²) < 4.78 is 3.18. The highest BCUT2D eigenvalue weighted by molar-refractivity contribution is 7.99. The molecule has 1 atom stereocenters. The van der Waals surface area contributed by atoms with Crippen LogP contribution in [0.5, 0.6) is 0 Å². The van der Waals surface area contributed by atoms with Crippen LogP contribution in [0.4, 0.5) is 0 Å². The van der Waals surface area contributed by atoms with E-state index in [1.54, 1.807) is 11.3 Å². The third kappa shape index (κ3) is 5.71. The summed E-state index contributed by atoms with van der Waals surface area (Å²) in [5.41, 5.74) is 1.80. The van der Waals surface area contributed by atoms with Crippen LogP contribution in [-0.2, 0) is 11.3 Å². The molecule has 0 saturated heterocycles. The van der Waals surface area contributed by atoms with Crippen LogP contribution in [0, 0.1) is 5.92 Å². The van der Waals surface area contributed by atoms with Gasteiger partial charge in [0, 0.05) is 12.6 Å². The molecule has 1 aliphatic carbocycles. The molecule has 2 amide bonds. The van der Waals surface area contributed by atoms with Crippen molar-refractivity contribution in [2.75, 3.05) is 18.1 Å². The summed E-state index contributed by atoms with van der Waals surface area (Å²) in [6.07, 6.45) is 6.53. The molecule has 0 radical (unpaired) electrons. The highest BCUT2D eigenvalue weighted by Crippen LogP contribution is 2.31. The van der Waals surface area contributed by atoms with Gasteiger partial charge in [0.1, 0.15) is 11.7 Å². The summed E-state index contributed by atoms with van der Waals surface area (Å²) in [6, 6.07) is 3.89. The Labute approximate surface area is 201 Å². The van der Waals surface area contributed by atoms with E-state index >= 15 is 0 Å². The summed E-state index contributed by atoms with van der Waals surface area (Å²) in [4.78, 5) is 28.5. The molecule has 1 fully saturated rings. The predicted octanol–water partition coefficient (Wildman–Crippen LogP) is 5.78. The smallest absolute Gasteiger partial charge is 0.271 e. The van der Waals surface area contributed by atoms with E-state index in [0.717, 1.165) is 52.6 Å². The van der Waals surface area contributed by atoms with Gasteiger partial charge >= 0.3 is 0 Å². The number of nitrogens with zero attached hydrogens (tertiary/aromatic N) is 2.